The molecule has 0 saturated heterocycles. The van der Waals surface area contributed by atoms with Gasteiger partial charge in [0.2, 0.25) is 5.91 Å². The molecule has 4 atom stereocenters. The predicted molar refractivity (Wildman–Crippen MR) is 87.7 cm³/mol. The lowest BCUT2D eigenvalue weighted by Gasteiger charge is -2.23. The summed E-state index contributed by atoms with van der Waals surface area (Å²) >= 11 is 0. The first-order chi connectivity index (χ1) is 10.5. The van der Waals surface area contributed by atoms with Crippen molar-refractivity contribution in [2.45, 2.75) is 58.6 Å². The molecule has 2 fully saturated rings. The zero-order valence-electron chi connectivity index (χ0n) is 13.8. The summed E-state index contributed by atoms with van der Waals surface area (Å²) in [5, 5.41) is 3.21. The van der Waals surface area contributed by atoms with Crippen molar-refractivity contribution < 1.29 is 9.53 Å². The lowest BCUT2D eigenvalue weighted by atomic mass is 9.88. The third kappa shape index (κ3) is 3.29. The molecule has 1 aromatic carbocycles. The highest BCUT2D eigenvalue weighted by Crippen LogP contribution is 2.48. The van der Waals surface area contributed by atoms with Crippen molar-refractivity contribution in [3.05, 3.63) is 29.8 Å². The van der Waals surface area contributed by atoms with E-state index in [1.54, 1.807) is 0 Å². The fourth-order valence-corrected chi connectivity index (χ4v) is 4.10. The minimum Gasteiger partial charge on any atom is -0.491 e. The standard InChI is InChI=1S/C19H27NO2/c1-12(2)22-17-6-4-5-15(11-17)13(3)20-19(21)18-10-14-7-8-16(18)9-14/h4-6,11-14,16,18H,7-10H2,1-3H3,(H,20,21)/t13-,14-,16-,18+/m0/s1. The van der Waals surface area contributed by atoms with E-state index in [2.05, 4.69) is 18.3 Å². The molecule has 0 radical (unpaired) electrons. The minimum absolute atomic E-state index is 0.0299. The molecule has 2 saturated carbocycles. The Kier molecular flexibility index (Phi) is 4.42. The largest absolute Gasteiger partial charge is 0.491 e. The van der Waals surface area contributed by atoms with Crippen LogP contribution in [0.25, 0.3) is 0 Å². The molecular formula is C19H27NO2. The smallest absolute Gasteiger partial charge is 0.223 e. The number of carbonyl (C=O) groups excluding carboxylic acids is 1. The van der Waals surface area contributed by atoms with Crippen LogP contribution in [-0.4, -0.2) is 12.0 Å². The third-order valence-corrected chi connectivity index (χ3v) is 5.16. The average molecular weight is 301 g/mol. The fraction of sp³-hybridized carbons (Fsp3) is 0.632. The Balaban J connectivity index is 1.61. The van der Waals surface area contributed by atoms with Crippen LogP contribution in [-0.2, 0) is 4.79 Å². The minimum atomic E-state index is 0.0299. The zero-order chi connectivity index (χ0) is 15.7. The van der Waals surface area contributed by atoms with Gasteiger partial charge in [-0.05, 0) is 69.6 Å². The molecule has 2 aliphatic rings. The van der Waals surface area contributed by atoms with Gasteiger partial charge >= 0.3 is 0 Å². The number of rotatable bonds is 5. The van der Waals surface area contributed by atoms with Crippen LogP contribution in [0.15, 0.2) is 24.3 Å². The van der Waals surface area contributed by atoms with E-state index in [1.807, 2.05) is 32.0 Å². The number of ether oxygens (including phenoxy) is 1. The van der Waals surface area contributed by atoms with Crippen LogP contribution >= 0.6 is 0 Å². The zero-order valence-corrected chi connectivity index (χ0v) is 13.8. The number of amides is 1. The first kappa shape index (κ1) is 15.4. The molecule has 0 unspecified atom stereocenters. The summed E-state index contributed by atoms with van der Waals surface area (Å²) in [6.07, 6.45) is 5.10. The van der Waals surface area contributed by atoms with Crippen molar-refractivity contribution in [3.63, 3.8) is 0 Å². The number of benzene rings is 1. The highest BCUT2D eigenvalue weighted by Gasteiger charge is 2.43. The Morgan fingerprint density at radius 1 is 1.23 bits per heavy atom. The van der Waals surface area contributed by atoms with Crippen LogP contribution in [0.3, 0.4) is 0 Å². The van der Waals surface area contributed by atoms with Gasteiger partial charge in [0.15, 0.2) is 0 Å². The second kappa shape index (κ2) is 6.31. The summed E-state index contributed by atoms with van der Waals surface area (Å²) in [5.74, 6) is 2.80. The molecule has 0 aromatic heterocycles. The summed E-state index contributed by atoms with van der Waals surface area (Å²) < 4.78 is 5.74. The maximum Gasteiger partial charge on any atom is 0.223 e. The molecule has 3 rings (SSSR count). The number of carbonyl (C=O) groups is 1. The molecule has 120 valence electrons. The molecule has 1 amide bonds. The van der Waals surface area contributed by atoms with Gasteiger partial charge in [-0.15, -0.1) is 0 Å². The summed E-state index contributed by atoms with van der Waals surface area (Å²) in [6, 6.07) is 8.08. The van der Waals surface area contributed by atoms with Crippen molar-refractivity contribution >= 4 is 5.91 Å². The Hall–Kier alpha value is -1.51. The van der Waals surface area contributed by atoms with Gasteiger partial charge in [0.25, 0.3) is 0 Å². The second-order valence-electron chi connectivity index (χ2n) is 7.25. The lowest BCUT2D eigenvalue weighted by molar-refractivity contribution is -0.127. The van der Waals surface area contributed by atoms with Gasteiger partial charge in [0.05, 0.1) is 12.1 Å². The first-order valence-electron chi connectivity index (χ1n) is 8.60. The summed E-state index contributed by atoms with van der Waals surface area (Å²) in [4.78, 5) is 12.5. The van der Waals surface area contributed by atoms with Crippen molar-refractivity contribution in [1.82, 2.24) is 5.32 Å². The molecule has 0 heterocycles. The average Bonchev–Trinajstić information content (AvgIpc) is 3.09. The topological polar surface area (TPSA) is 38.3 Å². The molecule has 3 nitrogen and oxygen atoms in total. The third-order valence-electron chi connectivity index (χ3n) is 5.16. The summed E-state index contributed by atoms with van der Waals surface area (Å²) in [7, 11) is 0. The monoisotopic (exact) mass is 301 g/mol. The number of hydrogen-bond donors (Lipinski definition) is 1. The number of nitrogens with one attached hydrogen (secondary N) is 1. The van der Waals surface area contributed by atoms with E-state index in [1.165, 1.54) is 19.3 Å². The molecule has 2 bridgehead atoms. The van der Waals surface area contributed by atoms with Gasteiger partial charge in [0, 0.05) is 5.92 Å². The molecule has 3 heteroatoms. The van der Waals surface area contributed by atoms with E-state index in [-0.39, 0.29) is 24.0 Å². The molecular weight excluding hydrogens is 274 g/mol. The van der Waals surface area contributed by atoms with Crippen LogP contribution < -0.4 is 10.1 Å². The Morgan fingerprint density at radius 3 is 2.68 bits per heavy atom. The Bertz CT molecular complexity index is 540. The SMILES string of the molecule is CC(C)Oc1cccc([C@H](C)NC(=O)[C@@H]2C[C@H]3CC[C@H]2C3)c1. The van der Waals surface area contributed by atoms with Crippen LogP contribution in [0.4, 0.5) is 0 Å². The lowest BCUT2D eigenvalue weighted by Crippen LogP contribution is -2.35. The Labute approximate surface area is 133 Å². The van der Waals surface area contributed by atoms with E-state index in [9.17, 15) is 4.79 Å². The van der Waals surface area contributed by atoms with E-state index >= 15 is 0 Å². The van der Waals surface area contributed by atoms with Crippen LogP contribution in [0, 0.1) is 17.8 Å². The highest BCUT2D eigenvalue weighted by molar-refractivity contribution is 5.80. The highest BCUT2D eigenvalue weighted by atomic mass is 16.5. The van der Waals surface area contributed by atoms with E-state index < -0.39 is 0 Å². The van der Waals surface area contributed by atoms with Crippen LogP contribution in [0.5, 0.6) is 5.75 Å². The molecule has 1 N–H and O–H groups in total. The maximum absolute atomic E-state index is 12.5. The maximum atomic E-state index is 12.5. The molecule has 1 aromatic rings. The van der Waals surface area contributed by atoms with E-state index in [0.29, 0.717) is 5.92 Å². The summed E-state index contributed by atoms with van der Waals surface area (Å²) in [6.45, 7) is 6.10. The molecule has 0 aliphatic heterocycles. The summed E-state index contributed by atoms with van der Waals surface area (Å²) in [5.41, 5.74) is 1.11. The van der Waals surface area contributed by atoms with Gasteiger partial charge in [-0.3, -0.25) is 4.79 Å². The van der Waals surface area contributed by atoms with Gasteiger partial charge in [-0.2, -0.15) is 0 Å². The normalized spacial score (nSPS) is 27.9. The fourth-order valence-electron chi connectivity index (χ4n) is 4.10. The van der Waals surface area contributed by atoms with Crippen molar-refractivity contribution in [2.24, 2.45) is 17.8 Å². The van der Waals surface area contributed by atoms with Crippen molar-refractivity contribution in [1.29, 1.82) is 0 Å². The number of hydrogen-bond acceptors (Lipinski definition) is 2. The Morgan fingerprint density at radius 2 is 2.05 bits per heavy atom. The predicted octanol–water partition coefficient (Wildman–Crippen LogP) is 4.09. The second-order valence-corrected chi connectivity index (χ2v) is 7.25. The van der Waals surface area contributed by atoms with E-state index in [0.717, 1.165) is 23.7 Å². The van der Waals surface area contributed by atoms with Gasteiger partial charge in [-0.25, -0.2) is 0 Å². The van der Waals surface area contributed by atoms with E-state index in [4.69, 9.17) is 4.74 Å². The van der Waals surface area contributed by atoms with Gasteiger partial charge in [-0.1, -0.05) is 18.6 Å². The van der Waals surface area contributed by atoms with Crippen molar-refractivity contribution in [3.8, 4) is 5.75 Å². The van der Waals surface area contributed by atoms with Crippen LogP contribution in [0.1, 0.15) is 58.1 Å². The molecule has 0 spiro atoms. The van der Waals surface area contributed by atoms with Crippen LogP contribution in [0.2, 0.25) is 0 Å². The molecule has 22 heavy (non-hydrogen) atoms. The number of fused-ring (bicyclic) bond motifs is 2. The van der Waals surface area contributed by atoms with Gasteiger partial charge < -0.3 is 10.1 Å². The van der Waals surface area contributed by atoms with Gasteiger partial charge in [0.1, 0.15) is 5.75 Å². The molecule has 2 aliphatic carbocycles. The van der Waals surface area contributed by atoms with Crippen molar-refractivity contribution in [2.75, 3.05) is 0 Å². The quantitative estimate of drug-likeness (QED) is 0.889. The first-order valence-corrected chi connectivity index (χ1v) is 8.60.